The molecule has 2 aliphatic rings. The van der Waals surface area contributed by atoms with Gasteiger partial charge in [0.2, 0.25) is 5.91 Å². The Kier molecular flexibility index (Phi) is 11.1. The minimum Gasteiger partial charge on any atom is -0.494 e. The molecular weight excluding hydrogens is 490 g/mol. The quantitative estimate of drug-likeness (QED) is 0.526. The number of hydrogen-bond donors (Lipinski definition) is 2. The van der Waals surface area contributed by atoms with Gasteiger partial charge in [-0.05, 0) is 42.2 Å². The Morgan fingerprint density at radius 2 is 1.58 bits per heavy atom. The van der Waals surface area contributed by atoms with E-state index >= 15 is 0 Å². The Hall–Kier alpha value is -3.95. The van der Waals surface area contributed by atoms with Crippen LogP contribution in [-0.2, 0) is 20.8 Å². The third-order valence-corrected chi connectivity index (χ3v) is 6.78. The number of aromatic nitrogens is 1. The second-order valence-electron chi connectivity index (χ2n) is 9.49. The molecule has 0 spiro atoms. The first-order valence-electron chi connectivity index (χ1n) is 13.0. The lowest BCUT2D eigenvalue weighted by molar-refractivity contribution is -0.159. The van der Waals surface area contributed by atoms with Gasteiger partial charge in [-0.15, -0.1) is 0 Å². The second-order valence-corrected chi connectivity index (χ2v) is 9.49. The molecule has 0 radical (unpaired) electrons. The van der Waals surface area contributed by atoms with Gasteiger partial charge in [-0.3, -0.25) is 14.6 Å². The van der Waals surface area contributed by atoms with Crippen molar-refractivity contribution < 1.29 is 34.1 Å². The van der Waals surface area contributed by atoms with Crippen LogP contribution in [0.5, 0.6) is 5.75 Å². The largest absolute Gasteiger partial charge is 0.494 e. The monoisotopic (exact) mass is 525 g/mol. The number of carboxylic acid groups (broad SMARTS) is 2. The summed E-state index contributed by atoms with van der Waals surface area (Å²) in [4.78, 5) is 51.5. The van der Waals surface area contributed by atoms with Crippen LogP contribution in [-0.4, -0.2) is 81.5 Å². The predicted molar refractivity (Wildman–Crippen MR) is 139 cm³/mol. The molecule has 2 N–H and O–H groups in total. The van der Waals surface area contributed by atoms with Crippen molar-refractivity contribution in [1.82, 2.24) is 14.8 Å². The van der Waals surface area contributed by atoms with Crippen LogP contribution >= 0.6 is 0 Å². The number of carbonyl (C=O) groups excluding carboxylic acids is 2. The lowest BCUT2D eigenvalue weighted by Gasteiger charge is -2.35. The van der Waals surface area contributed by atoms with Gasteiger partial charge in [-0.1, -0.05) is 44.2 Å². The fourth-order valence-corrected chi connectivity index (χ4v) is 4.67. The van der Waals surface area contributed by atoms with Gasteiger partial charge in [-0.25, -0.2) is 9.59 Å². The van der Waals surface area contributed by atoms with Crippen molar-refractivity contribution in [2.75, 3.05) is 32.8 Å². The molecule has 1 aliphatic carbocycles. The Morgan fingerprint density at radius 1 is 0.895 bits per heavy atom. The molecule has 2 aromatic rings. The van der Waals surface area contributed by atoms with E-state index < -0.39 is 11.9 Å². The summed E-state index contributed by atoms with van der Waals surface area (Å²) in [5, 5.41) is 14.8. The zero-order valence-corrected chi connectivity index (χ0v) is 21.5. The molecule has 0 unspecified atom stereocenters. The topological polar surface area (TPSA) is 137 Å². The second kappa shape index (κ2) is 14.7. The summed E-state index contributed by atoms with van der Waals surface area (Å²) in [6, 6.07) is 11.3. The lowest BCUT2D eigenvalue weighted by Crippen LogP contribution is -2.51. The number of hydrogen-bond acceptors (Lipinski definition) is 6. The minimum atomic E-state index is -1.82. The van der Waals surface area contributed by atoms with E-state index in [9.17, 15) is 9.59 Å². The van der Waals surface area contributed by atoms with Crippen LogP contribution in [0.3, 0.4) is 0 Å². The predicted octanol–water partition coefficient (Wildman–Crippen LogP) is 3.11. The number of amides is 2. The number of rotatable bonds is 7. The maximum absolute atomic E-state index is 13.0. The van der Waals surface area contributed by atoms with E-state index in [0.717, 1.165) is 23.7 Å². The van der Waals surface area contributed by atoms with Crippen molar-refractivity contribution in [2.45, 2.75) is 44.9 Å². The van der Waals surface area contributed by atoms with E-state index in [4.69, 9.17) is 24.5 Å². The maximum atomic E-state index is 13.0. The van der Waals surface area contributed by atoms with Crippen LogP contribution in [0.25, 0.3) is 0 Å². The molecule has 2 amide bonds. The average Bonchev–Trinajstić information content (AvgIpc) is 2.94. The van der Waals surface area contributed by atoms with Crippen molar-refractivity contribution in [3.8, 4) is 5.75 Å². The molecule has 1 aromatic heterocycles. The number of carbonyl (C=O) groups is 4. The number of aliphatic carboxylic acids is 2. The standard InChI is InChI=1S/C26H33N3O3.C2H2O4/c30-25(18-22-8-5-12-27-20-22)28-13-15-29(16-14-28)26(31)23-9-4-10-24(19-23)32-17-11-21-6-2-1-3-7-21;3-1(4)2(5)6/h4-5,8-10,12,19-21H,1-3,6-7,11,13-18H2;(H,3,4)(H,5,6). The van der Waals surface area contributed by atoms with Crippen molar-refractivity contribution >= 4 is 23.8 Å². The Balaban J connectivity index is 0.000000599. The SMILES string of the molecule is O=C(Cc1cccnc1)N1CCN(C(=O)c2cccc(OCCC3CCCCC3)c2)CC1.O=C(O)C(=O)O. The van der Waals surface area contributed by atoms with Crippen LogP contribution < -0.4 is 4.74 Å². The fraction of sp³-hybridized carbons (Fsp3) is 0.464. The average molecular weight is 526 g/mol. The summed E-state index contributed by atoms with van der Waals surface area (Å²) in [6.07, 6.45) is 11.6. The maximum Gasteiger partial charge on any atom is 0.414 e. The molecule has 204 valence electrons. The van der Waals surface area contributed by atoms with E-state index in [1.807, 2.05) is 46.2 Å². The Bertz CT molecular complexity index is 1070. The van der Waals surface area contributed by atoms with E-state index in [1.54, 1.807) is 12.4 Å². The smallest absolute Gasteiger partial charge is 0.414 e. The number of piperazine rings is 1. The molecule has 0 atom stereocenters. The number of nitrogens with zero attached hydrogens (tertiary/aromatic N) is 3. The third kappa shape index (κ3) is 9.17. The highest BCUT2D eigenvalue weighted by atomic mass is 16.5. The molecule has 1 saturated carbocycles. The molecule has 1 aromatic carbocycles. The van der Waals surface area contributed by atoms with Gasteiger partial charge < -0.3 is 24.7 Å². The summed E-state index contributed by atoms with van der Waals surface area (Å²) < 4.78 is 5.96. The molecule has 4 rings (SSSR count). The third-order valence-electron chi connectivity index (χ3n) is 6.78. The van der Waals surface area contributed by atoms with Crippen LogP contribution in [0.4, 0.5) is 0 Å². The van der Waals surface area contributed by atoms with Gasteiger partial charge >= 0.3 is 11.9 Å². The normalized spacial score (nSPS) is 15.7. The van der Waals surface area contributed by atoms with Gasteiger partial charge in [0.25, 0.3) is 5.91 Å². The van der Waals surface area contributed by atoms with Crippen LogP contribution in [0.2, 0.25) is 0 Å². The van der Waals surface area contributed by atoms with Gasteiger partial charge in [0.1, 0.15) is 5.75 Å². The summed E-state index contributed by atoms with van der Waals surface area (Å²) >= 11 is 0. The lowest BCUT2D eigenvalue weighted by atomic mass is 9.87. The summed E-state index contributed by atoms with van der Waals surface area (Å²) in [5.74, 6) is -2.02. The first-order chi connectivity index (χ1) is 18.3. The summed E-state index contributed by atoms with van der Waals surface area (Å²) in [6.45, 7) is 2.92. The molecule has 10 heteroatoms. The van der Waals surface area contributed by atoms with Gasteiger partial charge in [-0.2, -0.15) is 0 Å². The Morgan fingerprint density at radius 3 is 2.21 bits per heavy atom. The summed E-state index contributed by atoms with van der Waals surface area (Å²) in [5.41, 5.74) is 1.56. The molecular formula is C28H35N3O7. The number of pyridine rings is 1. The van der Waals surface area contributed by atoms with E-state index in [1.165, 1.54) is 32.1 Å². The van der Waals surface area contributed by atoms with Crippen molar-refractivity contribution in [1.29, 1.82) is 0 Å². The van der Waals surface area contributed by atoms with Crippen LogP contribution in [0.1, 0.15) is 54.4 Å². The molecule has 2 fully saturated rings. The van der Waals surface area contributed by atoms with Gasteiger partial charge in [0, 0.05) is 44.1 Å². The molecule has 1 saturated heterocycles. The van der Waals surface area contributed by atoms with E-state index in [0.29, 0.717) is 44.8 Å². The number of ether oxygens (including phenoxy) is 1. The number of benzene rings is 1. The summed E-state index contributed by atoms with van der Waals surface area (Å²) in [7, 11) is 0. The van der Waals surface area contributed by atoms with E-state index in [-0.39, 0.29) is 11.8 Å². The van der Waals surface area contributed by atoms with Crippen molar-refractivity contribution in [2.24, 2.45) is 5.92 Å². The van der Waals surface area contributed by atoms with Crippen LogP contribution in [0.15, 0.2) is 48.8 Å². The first-order valence-corrected chi connectivity index (χ1v) is 13.0. The fourth-order valence-electron chi connectivity index (χ4n) is 4.67. The minimum absolute atomic E-state index is 0.00193. The zero-order chi connectivity index (χ0) is 27.3. The highest BCUT2D eigenvalue weighted by molar-refractivity contribution is 6.27. The van der Waals surface area contributed by atoms with Crippen molar-refractivity contribution in [3.05, 3.63) is 59.9 Å². The molecule has 10 nitrogen and oxygen atoms in total. The van der Waals surface area contributed by atoms with Gasteiger partial charge in [0.05, 0.1) is 13.0 Å². The highest BCUT2D eigenvalue weighted by Crippen LogP contribution is 2.26. The molecule has 38 heavy (non-hydrogen) atoms. The zero-order valence-electron chi connectivity index (χ0n) is 21.5. The van der Waals surface area contributed by atoms with Crippen molar-refractivity contribution in [3.63, 3.8) is 0 Å². The first kappa shape index (κ1) is 28.6. The highest BCUT2D eigenvalue weighted by Gasteiger charge is 2.25. The van der Waals surface area contributed by atoms with Gasteiger partial charge in [0.15, 0.2) is 0 Å². The van der Waals surface area contributed by atoms with E-state index in [2.05, 4.69) is 4.98 Å². The Labute approximate surface area is 222 Å². The van der Waals surface area contributed by atoms with Crippen LogP contribution in [0, 0.1) is 5.92 Å². The molecule has 1 aliphatic heterocycles. The molecule has 2 heterocycles. The molecule has 0 bridgehead atoms. The number of carboxylic acids is 2.